The number of anilines is 1. The number of nitrogens with one attached hydrogen (secondary N) is 1. The van der Waals surface area contributed by atoms with Gasteiger partial charge in [0, 0.05) is 12.1 Å². The fourth-order valence-corrected chi connectivity index (χ4v) is 2.11. The topological polar surface area (TPSA) is 55.4 Å². The Morgan fingerprint density at radius 1 is 0.957 bits per heavy atom. The van der Waals surface area contributed by atoms with E-state index in [0.717, 1.165) is 24.0 Å². The van der Waals surface area contributed by atoms with Crippen molar-refractivity contribution < 1.29 is 14.3 Å². The molecule has 0 heterocycles. The van der Waals surface area contributed by atoms with Gasteiger partial charge in [0.1, 0.15) is 0 Å². The van der Waals surface area contributed by atoms with Crippen molar-refractivity contribution in [2.24, 2.45) is 0 Å². The first-order valence-electron chi connectivity index (χ1n) is 7.80. The van der Waals surface area contributed by atoms with Crippen LogP contribution in [0.2, 0.25) is 0 Å². The van der Waals surface area contributed by atoms with Gasteiger partial charge < -0.3 is 10.1 Å². The Morgan fingerprint density at radius 2 is 1.61 bits per heavy atom. The summed E-state index contributed by atoms with van der Waals surface area (Å²) in [6.45, 7) is 1.75. The van der Waals surface area contributed by atoms with E-state index in [2.05, 4.69) is 5.32 Å². The van der Waals surface area contributed by atoms with Crippen LogP contribution < -0.4 is 5.32 Å². The molecule has 2 aromatic carbocycles. The van der Waals surface area contributed by atoms with Gasteiger partial charge in [-0.2, -0.15) is 0 Å². The summed E-state index contributed by atoms with van der Waals surface area (Å²) in [5, 5.41) is 2.72. The maximum atomic E-state index is 11.8. The van der Waals surface area contributed by atoms with Gasteiger partial charge in [0.05, 0.1) is 0 Å². The van der Waals surface area contributed by atoms with Crippen molar-refractivity contribution in [1.29, 1.82) is 0 Å². The molecule has 0 saturated carbocycles. The molecule has 0 aliphatic carbocycles. The molecule has 0 spiro atoms. The fourth-order valence-electron chi connectivity index (χ4n) is 2.11. The van der Waals surface area contributed by atoms with E-state index >= 15 is 0 Å². The largest absolute Gasteiger partial charge is 0.456 e. The van der Waals surface area contributed by atoms with E-state index in [9.17, 15) is 9.59 Å². The van der Waals surface area contributed by atoms with Crippen LogP contribution in [0.3, 0.4) is 0 Å². The molecule has 4 heteroatoms. The number of ether oxygens (including phenoxy) is 1. The van der Waals surface area contributed by atoms with E-state index in [1.54, 1.807) is 0 Å². The molecule has 0 aliphatic heterocycles. The predicted octanol–water partition coefficient (Wildman–Crippen LogP) is 4.03. The molecule has 0 fully saturated rings. The van der Waals surface area contributed by atoms with Crippen LogP contribution >= 0.6 is 0 Å². The number of hydrogen-bond donors (Lipinski definition) is 1. The van der Waals surface area contributed by atoms with Gasteiger partial charge in [0.15, 0.2) is 6.61 Å². The number of unbranched alkanes of at least 4 members (excludes halogenated alkanes) is 1. The first-order valence-corrected chi connectivity index (χ1v) is 7.80. The zero-order chi connectivity index (χ0) is 16.5. The highest BCUT2D eigenvalue weighted by molar-refractivity contribution is 5.93. The lowest BCUT2D eigenvalue weighted by Gasteiger charge is -2.07. The van der Waals surface area contributed by atoms with Crippen LogP contribution in [0.5, 0.6) is 0 Å². The highest BCUT2D eigenvalue weighted by Crippen LogP contribution is 2.20. The van der Waals surface area contributed by atoms with Gasteiger partial charge >= 0.3 is 5.97 Å². The molecule has 0 aliphatic rings. The molecule has 1 amide bonds. The van der Waals surface area contributed by atoms with Crippen molar-refractivity contribution in [2.45, 2.75) is 26.2 Å². The number of benzene rings is 2. The minimum absolute atomic E-state index is 0.247. The first-order chi connectivity index (χ1) is 11.2. The Hall–Kier alpha value is -2.62. The van der Waals surface area contributed by atoms with E-state index in [1.807, 2.05) is 61.5 Å². The van der Waals surface area contributed by atoms with Gasteiger partial charge in [0.2, 0.25) is 0 Å². The molecule has 0 aromatic heterocycles. The van der Waals surface area contributed by atoms with Crippen LogP contribution in [0.4, 0.5) is 5.69 Å². The molecule has 1 N–H and O–H groups in total. The SMILES string of the molecule is CCCCC(=O)OCC(=O)Nc1ccc(-c2ccccc2)cc1. The van der Waals surface area contributed by atoms with Crippen LogP contribution in [0, 0.1) is 0 Å². The summed E-state index contributed by atoms with van der Waals surface area (Å²) >= 11 is 0. The molecule has 23 heavy (non-hydrogen) atoms. The first kappa shape index (κ1) is 16.7. The molecule has 0 unspecified atom stereocenters. The number of carbonyl (C=O) groups excluding carboxylic acids is 2. The summed E-state index contributed by atoms with van der Waals surface area (Å²) < 4.78 is 4.92. The maximum Gasteiger partial charge on any atom is 0.306 e. The summed E-state index contributed by atoms with van der Waals surface area (Å²) in [6.07, 6.45) is 2.06. The number of carbonyl (C=O) groups is 2. The average molecular weight is 311 g/mol. The summed E-state index contributed by atoms with van der Waals surface area (Å²) in [5.74, 6) is -0.663. The second-order valence-corrected chi connectivity index (χ2v) is 5.26. The standard InChI is InChI=1S/C19H21NO3/c1-2-3-9-19(22)23-14-18(21)20-17-12-10-16(11-13-17)15-7-5-4-6-8-15/h4-8,10-13H,2-3,9,14H2,1H3,(H,20,21). The second-order valence-electron chi connectivity index (χ2n) is 5.26. The zero-order valence-corrected chi connectivity index (χ0v) is 13.2. The fraction of sp³-hybridized carbons (Fsp3) is 0.263. The summed E-state index contributed by atoms with van der Waals surface area (Å²) in [5.41, 5.74) is 2.88. The van der Waals surface area contributed by atoms with Crippen molar-refractivity contribution in [1.82, 2.24) is 0 Å². The van der Waals surface area contributed by atoms with Crippen molar-refractivity contribution in [3.63, 3.8) is 0 Å². The number of amides is 1. The van der Waals surface area contributed by atoms with E-state index < -0.39 is 0 Å². The van der Waals surface area contributed by atoms with Gasteiger partial charge in [-0.05, 0) is 29.7 Å². The Labute approximate surface area is 136 Å². The van der Waals surface area contributed by atoms with Crippen molar-refractivity contribution in [3.8, 4) is 11.1 Å². The number of esters is 1. The smallest absolute Gasteiger partial charge is 0.306 e. The van der Waals surface area contributed by atoms with Gasteiger partial charge in [-0.1, -0.05) is 55.8 Å². The Balaban J connectivity index is 1.84. The molecular weight excluding hydrogens is 290 g/mol. The van der Waals surface area contributed by atoms with E-state index in [-0.39, 0.29) is 18.5 Å². The lowest BCUT2D eigenvalue weighted by molar-refractivity contribution is -0.147. The summed E-state index contributed by atoms with van der Waals surface area (Å²) in [6, 6.07) is 17.6. The van der Waals surface area contributed by atoms with Crippen molar-refractivity contribution in [3.05, 3.63) is 54.6 Å². The third-order valence-electron chi connectivity index (χ3n) is 3.37. The number of hydrogen-bond acceptors (Lipinski definition) is 3. The number of rotatable bonds is 7. The van der Waals surface area contributed by atoms with Crippen molar-refractivity contribution in [2.75, 3.05) is 11.9 Å². The molecular formula is C19H21NO3. The quantitative estimate of drug-likeness (QED) is 0.786. The Kier molecular flexibility index (Phi) is 6.36. The summed E-state index contributed by atoms with van der Waals surface area (Å²) in [4.78, 5) is 23.1. The lowest BCUT2D eigenvalue weighted by Crippen LogP contribution is -2.20. The Morgan fingerprint density at radius 3 is 2.26 bits per heavy atom. The average Bonchev–Trinajstić information content (AvgIpc) is 2.59. The molecule has 2 aromatic rings. The van der Waals surface area contributed by atoms with Gasteiger partial charge in [-0.15, -0.1) is 0 Å². The van der Waals surface area contributed by atoms with Crippen LogP contribution in [0.15, 0.2) is 54.6 Å². The molecule has 0 saturated heterocycles. The molecule has 4 nitrogen and oxygen atoms in total. The highest BCUT2D eigenvalue weighted by atomic mass is 16.5. The van der Waals surface area contributed by atoms with Crippen LogP contribution in [-0.2, 0) is 14.3 Å². The maximum absolute atomic E-state index is 11.8. The third kappa shape index (κ3) is 5.58. The summed E-state index contributed by atoms with van der Waals surface area (Å²) in [7, 11) is 0. The van der Waals surface area contributed by atoms with Crippen LogP contribution in [0.1, 0.15) is 26.2 Å². The minimum atomic E-state index is -0.332. The van der Waals surface area contributed by atoms with E-state index in [0.29, 0.717) is 12.1 Å². The third-order valence-corrected chi connectivity index (χ3v) is 3.37. The highest BCUT2D eigenvalue weighted by Gasteiger charge is 2.07. The van der Waals surface area contributed by atoms with Gasteiger partial charge in [-0.25, -0.2) is 0 Å². The van der Waals surface area contributed by atoms with Gasteiger partial charge in [-0.3, -0.25) is 9.59 Å². The van der Waals surface area contributed by atoms with Crippen LogP contribution in [-0.4, -0.2) is 18.5 Å². The zero-order valence-electron chi connectivity index (χ0n) is 13.2. The van der Waals surface area contributed by atoms with Crippen molar-refractivity contribution >= 4 is 17.6 Å². The molecule has 120 valence electrons. The molecule has 0 radical (unpaired) electrons. The molecule has 2 rings (SSSR count). The van der Waals surface area contributed by atoms with E-state index in [1.165, 1.54) is 0 Å². The Bertz CT molecular complexity index is 635. The normalized spacial score (nSPS) is 10.1. The van der Waals surface area contributed by atoms with E-state index in [4.69, 9.17) is 4.74 Å². The van der Waals surface area contributed by atoms with Crippen LogP contribution in [0.25, 0.3) is 11.1 Å². The second kappa shape index (κ2) is 8.73. The molecule has 0 atom stereocenters. The minimum Gasteiger partial charge on any atom is -0.456 e. The lowest BCUT2D eigenvalue weighted by atomic mass is 10.1. The monoisotopic (exact) mass is 311 g/mol. The molecule has 0 bridgehead atoms. The predicted molar refractivity (Wildman–Crippen MR) is 91.0 cm³/mol. The van der Waals surface area contributed by atoms with Gasteiger partial charge in [0.25, 0.3) is 5.91 Å².